The van der Waals surface area contributed by atoms with Gasteiger partial charge in [0.15, 0.2) is 9.84 Å². The summed E-state index contributed by atoms with van der Waals surface area (Å²) in [6.07, 6.45) is 0.380. The highest BCUT2D eigenvalue weighted by Gasteiger charge is 2.30. The third kappa shape index (κ3) is 2.33. The molecule has 1 fully saturated rings. The van der Waals surface area contributed by atoms with Crippen molar-refractivity contribution in [2.45, 2.75) is 19.4 Å². The monoisotopic (exact) mass is 274 g/mol. The van der Waals surface area contributed by atoms with Crippen LogP contribution < -0.4 is 10.9 Å². The number of aryl methyl sites for hydroxylation is 1. The zero-order valence-electron chi connectivity index (χ0n) is 10.1. The van der Waals surface area contributed by atoms with Gasteiger partial charge in [-0.25, -0.2) is 18.0 Å². The molecule has 18 heavy (non-hydrogen) atoms. The number of rotatable bonds is 2. The molecule has 7 nitrogen and oxygen atoms in total. The van der Waals surface area contributed by atoms with Crippen molar-refractivity contribution in [2.24, 2.45) is 7.05 Å². The number of aromatic nitrogens is 1. The van der Waals surface area contributed by atoms with Crippen molar-refractivity contribution in [1.82, 2.24) is 10.1 Å². The number of nitrogens with one attached hydrogen (secondary N) is 1. The van der Waals surface area contributed by atoms with Crippen LogP contribution in [-0.4, -0.2) is 36.6 Å². The van der Waals surface area contributed by atoms with Crippen LogP contribution in [0.1, 0.15) is 22.5 Å². The van der Waals surface area contributed by atoms with E-state index in [-0.39, 0.29) is 17.1 Å². The van der Waals surface area contributed by atoms with E-state index in [1.807, 2.05) is 0 Å². The minimum absolute atomic E-state index is 0.0678. The van der Waals surface area contributed by atoms with E-state index in [0.717, 1.165) is 0 Å². The molecule has 0 radical (unpaired) electrons. The minimum atomic E-state index is -3.06. The standard InChI is InChI=1S/C10H14N2O5S/c1-6-8(10(14)17-12(6)2)9(13)11-7-3-4-18(15,16)5-7/h7H,3-5H2,1-2H3,(H,11,13). The van der Waals surface area contributed by atoms with E-state index in [1.54, 1.807) is 6.92 Å². The second-order valence-corrected chi connectivity index (χ2v) is 6.64. The number of hydrogen-bond donors (Lipinski definition) is 1. The molecule has 0 saturated carbocycles. The maximum absolute atomic E-state index is 11.9. The van der Waals surface area contributed by atoms with Crippen molar-refractivity contribution in [3.63, 3.8) is 0 Å². The van der Waals surface area contributed by atoms with E-state index in [0.29, 0.717) is 12.1 Å². The molecule has 1 aromatic heterocycles. The summed E-state index contributed by atoms with van der Waals surface area (Å²) < 4.78 is 28.5. The van der Waals surface area contributed by atoms with Gasteiger partial charge in [-0.05, 0) is 13.3 Å². The fourth-order valence-electron chi connectivity index (χ4n) is 1.97. The van der Waals surface area contributed by atoms with Gasteiger partial charge in [0.2, 0.25) is 0 Å². The summed E-state index contributed by atoms with van der Waals surface area (Å²) in [6.45, 7) is 1.59. The van der Waals surface area contributed by atoms with Gasteiger partial charge < -0.3 is 9.84 Å². The van der Waals surface area contributed by atoms with E-state index in [4.69, 9.17) is 4.52 Å². The molecule has 100 valence electrons. The summed E-state index contributed by atoms with van der Waals surface area (Å²) in [4.78, 5) is 23.3. The largest absolute Gasteiger partial charge is 0.370 e. The third-order valence-corrected chi connectivity index (χ3v) is 4.82. The van der Waals surface area contributed by atoms with Gasteiger partial charge in [0, 0.05) is 13.1 Å². The molecule has 1 aromatic rings. The van der Waals surface area contributed by atoms with Crippen LogP contribution in [-0.2, 0) is 16.9 Å². The Bertz CT molecular complexity index is 640. The minimum Gasteiger partial charge on any atom is -0.348 e. The molecule has 1 saturated heterocycles. The molecule has 1 aliphatic heterocycles. The Morgan fingerprint density at radius 3 is 2.61 bits per heavy atom. The molecule has 1 unspecified atom stereocenters. The van der Waals surface area contributed by atoms with Gasteiger partial charge in [-0.15, -0.1) is 0 Å². The molecule has 0 aromatic carbocycles. The van der Waals surface area contributed by atoms with Crippen LogP contribution in [0, 0.1) is 6.92 Å². The average molecular weight is 274 g/mol. The van der Waals surface area contributed by atoms with Crippen molar-refractivity contribution < 1.29 is 17.7 Å². The molecule has 0 bridgehead atoms. The predicted molar refractivity (Wildman–Crippen MR) is 63.2 cm³/mol. The maximum atomic E-state index is 11.9. The number of sulfone groups is 1. The second-order valence-electron chi connectivity index (χ2n) is 4.41. The van der Waals surface area contributed by atoms with Crippen molar-refractivity contribution in [3.8, 4) is 0 Å². The summed E-state index contributed by atoms with van der Waals surface area (Å²) in [7, 11) is -1.54. The van der Waals surface area contributed by atoms with Crippen LogP contribution in [0.25, 0.3) is 0 Å². The van der Waals surface area contributed by atoms with E-state index < -0.39 is 27.4 Å². The summed E-state index contributed by atoms with van der Waals surface area (Å²) in [5, 5.41) is 2.55. The summed E-state index contributed by atoms with van der Waals surface area (Å²) >= 11 is 0. The topological polar surface area (TPSA) is 98.4 Å². The van der Waals surface area contributed by atoms with Gasteiger partial charge in [0.25, 0.3) is 5.91 Å². The van der Waals surface area contributed by atoms with Crippen molar-refractivity contribution in [2.75, 3.05) is 11.5 Å². The van der Waals surface area contributed by atoms with Crippen molar-refractivity contribution in [1.29, 1.82) is 0 Å². The van der Waals surface area contributed by atoms with Crippen molar-refractivity contribution in [3.05, 3.63) is 21.7 Å². The lowest BCUT2D eigenvalue weighted by molar-refractivity contribution is 0.0938. The number of carbonyl (C=O) groups excluding carboxylic acids is 1. The summed E-state index contributed by atoms with van der Waals surface area (Å²) in [5.41, 5.74) is -0.367. The molecule has 0 aliphatic carbocycles. The van der Waals surface area contributed by atoms with Gasteiger partial charge in [0.05, 0.1) is 17.2 Å². The molecule has 2 rings (SSSR count). The number of amides is 1. The quantitative estimate of drug-likeness (QED) is 0.761. The van der Waals surface area contributed by atoms with Gasteiger partial charge in [-0.3, -0.25) is 4.79 Å². The normalized spacial score (nSPS) is 22.0. The third-order valence-electron chi connectivity index (χ3n) is 3.05. The van der Waals surface area contributed by atoms with Gasteiger partial charge in [0.1, 0.15) is 5.56 Å². The van der Waals surface area contributed by atoms with Crippen LogP contribution in [0.3, 0.4) is 0 Å². The second kappa shape index (κ2) is 4.27. The fraction of sp³-hybridized carbons (Fsp3) is 0.600. The number of carbonyl (C=O) groups is 1. The first-order valence-corrected chi connectivity index (χ1v) is 7.30. The average Bonchev–Trinajstić information content (AvgIpc) is 2.68. The fourth-order valence-corrected chi connectivity index (χ4v) is 3.64. The maximum Gasteiger partial charge on any atom is 0.370 e. The smallest absolute Gasteiger partial charge is 0.348 e. The van der Waals surface area contributed by atoms with E-state index in [1.165, 1.54) is 11.8 Å². The number of hydrogen-bond acceptors (Lipinski definition) is 5. The Kier molecular flexibility index (Phi) is 3.05. The molecule has 1 amide bonds. The lowest BCUT2D eigenvalue weighted by Gasteiger charge is -2.09. The highest BCUT2D eigenvalue weighted by atomic mass is 32.2. The lowest BCUT2D eigenvalue weighted by Crippen LogP contribution is -2.37. The Hall–Kier alpha value is -1.57. The Morgan fingerprint density at radius 1 is 1.50 bits per heavy atom. The highest BCUT2D eigenvalue weighted by Crippen LogP contribution is 2.12. The van der Waals surface area contributed by atoms with Crippen LogP contribution in [0.5, 0.6) is 0 Å². The molecular weight excluding hydrogens is 260 g/mol. The van der Waals surface area contributed by atoms with Crippen LogP contribution in [0.2, 0.25) is 0 Å². The van der Waals surface area contributed by atoms with Crippen LogP contribution in [0.15, 0.2) is 9.32 Å². The van der Waals surface area contributed by atoms with Gasteiger partial charge in [-0.1, -0.05) is 0 Å². The molecule has 1 atom stereocenters. The van der Waals surface area contributed by atoms with E-state index in [9.17, 15) is 18.0 Å². The zero-order chi connectivity index (χ0) is 13.5. The Balaban J connectivity index is 2.16. The van der Waals surface area contributed by atoms with Gasteiger partial charge >= 0.3 is 5.63 Å². The molecule has 8 heteroatoms. The van der Waals surface area contributed by atoms with Crippen molar-refractivity contribution >= 4 is 15.7 Å². The van der Waals surface area contributed by atoms with E-state index in [2.05, 4.69) is 5.32 Å². The number of nitrogens with zero attached hydrogens (tertiary/aromatic N) is 1. The Labute approximate surface area is 104 Å². The van der Waals surface area contributed by atoms with Crippen LogP contribution in [0.4, 0.5) is 0 Å². The molecular formula is C10H14N2O5S. The SMILES string of the molecule is Cc1c(C(=O)NC2CCS(=O)(=O)C2)c(=O)on1C. The van der Waals surface area contributed by atoms with E-state index >= 15 is 0 Å². The van der Waals surface area contributed by atoms with Gasteiger partial charge in [-0.2, -0.15) is 0 Å². The molecule has 1 N–H and O–H groups in total. The molecule has 2 heterocycles. The highest BCUT2D eigenvalue weighted by molar-refractivity contribution is 7.91. The first kappa shape index (κ1) is 12.9. The first-order chi connectivity index (χ1) is 8.30. The molecule has 0 spiro atoms. The predicted octanol–water partition coefficient (Wildman–Crippen LogP) is -0.796. The first-order valence-electron chi connectivity index (χ1n) is 5.48. The summed E-state index contributed by atoms with van der Waals surface area (Å²) in [5.74, 6) is -0.583. The summed E-state index contributed by atoms with van der Waals surface area (Å²) in [6, 6.07) is -0.429. The Morgan fingerprint density at radius 2 is 2.17 bits per heavy atom. The zero-order valence-corrected chi connectivity index (χ0v) is 10.9. The van der Waals surface area contributed by atoms with Crippen LogP contribution >= 0.6 is 0 Å². The lowest BCUT2D eigenvalue weighted by atomic mass is 10.2. The molecule has 1 aliphatic rings.